The molecular weight excluding hydrogens is 410 g/mol. The number of aromatic carboxylic acids is 1. The number of esters is 1. The lowest BCUT2D eigenvalue weighted by atomic mass is 10.1. The van der Waals surface area contributed by atoms with E-state index in [1.54, 1.807) is 13.1 Å². The highest BCUT2D eigenvalue weighted by molar-refractivity contribution is 7.98. The predicted octanol–water partition coefficient (Wildman–Crippen LogP) is 3.77. The molecule has 0 heterocycles. The number of carboxylic acid groups (broad SMARTS) is 1. The van der Waals surface area contributed by atoms with Crippen molar-refractivity contribution in [3.05, 3.63) is 23.3 Å². The Morgan fingerprint density at radius 2 is 1.86 bits per heavy atom. The van der Waals surface area contributed by atoms with Crippen LogP contribution in [0, 0.1) is 0 Å². The lowest BCUT2D eigenvalue weighted by molar-refractivity contribution is -0.142. The van der Waals surface area contributed by atoms with E-state index in [2.05, 4.69) is 39.2 Å². The number of thioether (sulfide) groups is 1. The molecular formula is C20H33NO6SSi. The van der Waals surface area contributed by atoms with Gasteiger partial charge in [0.2, 0.25) is 8.32 Å². The first-order valence-electron chi connectivity index (χ1n) is 9.34. The van der Waals surface area contributed by atoms with E-state index >= 15 is 0 Å². The van der Waals surface area contributed by atoms with E-state index in [9.17, 15) is 14.7 Å². The van der Waals surface area contributed by atoms with Crippen LogP contribution in [0.15, 0.2) is 12.1 Å². The molecule has 0 spiro atoms. The van der Waals surface area contributed by atoms with Crippen LogP contribution in [-0.2, 0) is 15.3 Å². The van der Waals surface area contributed by atoms with Crippen LogP contribution in [0.4, 0.5) is 0 Å². The van der Waals surface area contributed by atoms with Gasteiger partial charge in [-0.15, -0.1) is 0 Å². The largest absolute Gasteiger partial charge is 0.543 e. The predicted molar refractivity (Wildman–Crippen MR) is 119 cm³/mol. The Morgan fingerprint density at radius 1 is 1.24 bits per heavy atom. The van der Waals surface area contributed by atoms with Crippen molar-refractivity contribution in [3.8, 4) is 11.5 Å². The first-order valence-corrected chi connectivity index (χ1v) is 13.4. The number of likely N-dealkylation sites (N-methyl/N-ethyl adjacent to an activating group) is 1. The summed E-state index contributed by atoms with van der Waals surface area (Å²) in [6.45, 7) is 10.6. The van der Waals surface area contributed by atoms with Crippen LogP contribution in [0.2, 0.25) is 18.1 Å². The second kappa shape index (κ2) is 10.4. The van der Waals surface area contributed by atoms with E-state index in [-0.39, 0.29) is 16.6 Å². The summed E-state index contributed by atoms with van der Waals surface area (Å²) in [6, 6.07) is 2.78. The summed E-state index contributed by atoms with van der Waals surface area (Å²) in [5, 5.41) is 12.6. The summed E-state index contributed by atoms with van der Waals surface area (Å²) < 4.78 is 16.5. The highest BCUT2D eigenvalue weighted by atomic mass is 32.2. The summed E-state index contributed by atoms with van der Waals surface area (Å²) in [5.41, 5.74) is 0.734. The van der Waals surface area contributed by atoms with Crippen LogP contribution in [0.5, 0.6) is 11.5 Å². The Balaban J connectivity index is 3.28. The van der Waals surface area contributed by atoms with Crippen LogP contribution in [0.25, 0.3) is 0 Å². The Bertz CT molecular complexity index is 732. The fraction of sp³-hybridized carbons (Fsp3) is 0.600. The molecule has 0 amide bonds. The van der Waals surface area contributed by atoms with Gasteiger partial charge < -0.3 is 24.3 Å². The number of nitrogens with one attached hydrogen (secondary N) is 1. The highest BCUT2D eigenvalue weighted by Gasteiger charge is 2.40. The normalized spacial score (nSPS) is 13.0. The van der Waals surface area contributed by atoms with Gasteiger partial charge in [-0.1, -0.05) is 20.8 Å². The van der Waals surface area contributed by atoms with Crippen molar-refractivity contribution in [1.29, 1.82) is 0 Å². The zero-order valence-electron chi connectivity index (χ0n) is 18.5. The average Bonchev–Trinajstić information content (AvgIpc) is 2.63. The molecule has 0 aliphatic carbocycles. The van der Waals surface area contributed by atoms with Crippen molar-refractivity contribution in [3.63, 3.8) is 0 Å². The molecule has 1 aromatic rings. The molecule has 29 heavy (non-hydrogen) atoms. The summed E-state index contributed by atoms with van der Waals surface area (Å²) >= 11 is 1.44. The molecule has 0 bridgehead atoms. The van der Waals surface area contributed by atoms with Gasteiger partial charge in [-0.25, -0.2) is 4.79 Å². The first-order chi connectivity index (χ1) is 13.4. The topological polar surface area (TPSA) is 94.1 Å². The van der Waals surface area contributed by atoms with Crippen molar-refractivity contribution < 1.29 is 28.6 Å². The molecule has 0 saturated carbocycles. The highest BCUT2D eigenvalue weighted by Crippen LogP contribution is 2.40. The third-order valence-corrected chi connectivity index (χ3v) is 10.6. The van der Waals surface area contributed by atoms with E-state index in [1.165, 1.54) is 32.0 Å². The standard InChI is InChI=1S/C20H33NO6SSi/c1-20(2,3)29(7,8)27-17-10-13(25-5)9-14(18(22)23)15(17)11-28-12-16(21-4)19(24)26-6/h9-10,16,21H,11-12H2,1-8H3,(H,22,23). The third-order valence-electron chi connectivity index (χ3n) is 5.18. The molecule has 0 aliphatic heterocycles. The SMILES string of the molecule is CNC(CSCc1c(O[Si](C)(C)C(C)(C)C)cc(OC)cc1C(=O)O)C(=O)OC. The number of benzene rings is 1. The van der Waals surface area contributed by atoms with Crippen molar-refractivity contribution in [2.75, 3.05) is 27.0 Å². The minimum atomic E-state index is -2.21. The zero-order chi connectivity index (χ0) is 22.4. The molecule has 0 aliphatic rings. The number of carboxylic acids is 1. The van der Waals surface area contributed by atoms with Gasteiger partial charge in [-0.2, -0.15) is 11.8 Å². The Morgan fingerprint density at radius 3 is 2.31 bits per heavy atom. The van der Waals surface area contributed by atoms with Crippen LogP contribution in [-0.4, -0.2) is 58.4 Å². The van der Waals surface area contributed by atoms with Crippen LogP contribution >= 0.6 is 11.8 Å². The molecule has 1 atom stereocenters. The van der Waals surface area contributed by atoms with Crippen molar-refractivity contribution in [2.45, 2.75) is 50.7 Å². The van der Waals surface area contributed by atoms with Crippen LogP contribution in [0.3, 0.4) is 0 Å². The molecule has 0 fully saturated rings. The maximum Gasteiger partial charge on any atom is 0.336 e. The number of methoxy groups -OCH3 is 2. The second-order valence-corrected chi connectivity index (χ2v) is 14.0. The molecule has 9 heteroatoms. The fourth-order valence-electron chi connectivity index (χ4n) is 2.29. The van der Waals surface area contributed by atoms with E-state index in [1.807, 2.05) is 0 Å². The van der Waals surface area contributed by atoms with E-state index < -0.39 is 20.3 Å². The molecule has 0 radical (unpaired) electrons. The maximum atomic E-state index is 11.9. The zero-order valence-corrected chi connectivity index (χ0v) is 20.4. The molecule has 1 unspecified atom stereocenters. The summed E-state index contributed by atoms with van der Waals surface area (Å²) in [4.78, 5) is 23.7. The summed E-state index contributed by atoms with van der Waals surface area (Å²) in [5.74, 6) is 0.384. The molecule has 2 N–H and O–H groups in total. The van der Waals surface area contributed by atoms with Crippen LogP contribution < -0.4 is 14.5 Å². The van der Waals surface area contributed by atoms with Gasteiger partial charge in [-0.05, 0) is 31.2 Å². The van der Waals surface area contributed by atoms with Crippen LogP contribution in [0.1, 0.15) is 36.7 Å². The summed E-state index contributed by atoms with van der Waals surface area (Å²) in [6.07, 6.45) is 0. The monoisotopic (exact) mass is 443 g/mol. The van der Waals surface area contributed by atoms with Gasteiger partial charge in [0, 0.05) is 23.1 Å². The number of hydrogen-bond donors (Lipinski definition) is 2. The minimum Gasteiger partial charge on any atom is -0.543 e. The van der Waals surface area contributed by atoms with E-state index in [4.69, 9.17) is 13.9 Å². The molecule has 0 saturated heterocycles. The second-order valence-electron chi connectivity index (χ2n) is 8.20. The van der Waals surface area contributed by atoms with E-state index in [0.29, 0.717) is 28.6 Å². The minimum absolute atomic E-state index is 0.0496. The lowest BCUT2D eigenvalue weighted by Crippen LogP contribution is -2.44. The number of rotatable bonds is 10. The van der Waals surface area contributed by atoms with Gasteiger partial charge in [-0.3, -0.25) is 4.79 Å². The smallest absolute Gasteiger partial charge is 0.336 e. The van der Waals surface area contributed by atoms with Gasteiger partial charge in [0.05, 0.1) is 19.8 Å². The van der Waals surface area contributed by atoms with Crippen molar-refractivity contribution in [2.24, 2.45) is 0 Å². The number of carbonyl (C=O) groups is 2. The quantitative estimate of drug-likeness (QED) is 0.417. The Kier molecular flexibility index (Phi) is 9.04. The Labute approximate surface area is 178 Å². The van der Waals surface area contributed by atoms with Gasteiger partial charge in [0.15, 0.2) is 0 Å². The Hall–Kier alpha value is -1.71. The molecule has 1 aromatic carbocycles. The van der Waals surface area contributed by atoms with Gasteiger partial charge >= 0.3 is 11.9 Å². The van der Waals surface area contributed by atoms with Crippen molar-refractivity contribution in [1.82, 2.24) is 5.32 Å². The molecule has 0 aromatic heterocycles. The molecule has 1 rings (SSSR count). The lowest BCUT2D eigenvalue weighted by Gasteiger charge is -2.37. The van der Waals surface area contributed by atoms with Gasteiger partial charge in [0.1, 0.15) is 17.5 Å². The number of carbonyl (C=O) groups excluding carboxylic acids is 1. The maximum absolute atomic E-state index is 11.9. The first kappa shape index (κ1) is 25.3. The fourth-order valence-corrected chi connectivity index (χ4v) is 4.48. The number of hydrogen-bond acceptors (Lipinski definition) is 7. The van der Waals surface area contributed by atoms with Gasteiger partial charge in [0.25, 0.3) is 0 Å². The summed E-state index contributed by atoms with van der Waals surface area (Å²) in [7, 11) is 2.32. The number of ether oxygens (including phenoxy) is 2. The van der Waals surface area contributed by atoms with E-state index in [0.717, 1.165) is 0 Å². The average molecular weight is 444 g/mol. The van der Waals surface area contributed by atoms with Crippen molar-refractivity contribution >= 4 is 32.0 Å². The molecule has 164 valence electrons. The third kappa shape index (κ3) is 6.65. The molecule has 7 nitrogen and oxygen atoms in total.